The lowest BCUT2D eigenvalue weighted by Gasteiger charge is -2.01. The third-order valence-electron chi connectivity index (χ3n) is 1.84. The van der Waals surface area contributed by atoms with Gasteiger partial charge in [-0.1, -0.05) is 0 Å². The summed E-state index contributed by atoms with van der Waals surface area (Å²) in [6.45, 7) is 0. The zero-order valence-electron chi connectivity index (χ0n) is 7.75. The maximum atomic E-state index is 11.1. The second-order valence-electron chi connectivity index (χ2n) is 2.88. The molecule has 0 saturated carbocycles. The van der Waals surface area contributed by atoms with Crippen molar-refractivity contribution in [1.29, 1.82) is 0 Å². The van der Waals surface area contributed by atoms with Crippen molar-refractivity contribution < 1.29 is 14.3 Å². The maximum absolute atomic E-state index is 11.1. The minimum absolute atomic E-state index is 0.363. The van der Waals surface area contributed by atoms with Crippen molar-refractivity contribution in [3.8, 4) is 5.88 Å². The van der Waals surface area contributed by atoms with Gasteiger partial charge in [-0.15, -0.1) is 0 Å². The van der Waals surface area contributed by atoms with Crippen LogP contribution >= 0.6 is 15.9 Å². The van der Waals surface area contributed by atoms with Crippen molar-refractivity contribution in [3.63, 3.8) is 0 Å². The molecule has 2 aromatic rings. The van der Waals surface area contributed by atoms with E-state index in [1.807, 2.05) is 0 Å². The molecule has 2 aromatic heterocycles. The Morgan fingerprint density at radius 2 is 2.25 bits per heavy atom. The van der Waals surface area contributed by atoms with Crippen molar-refractivity contribution in [1.82, 2.24) is 9.55 Å². The minimum atomic E-state index is -1.32. The molecule has 0 amide bonds. The van der Waals surface area contributed by atoms with E-state index in [2.05, 4.69) is 20.9 Å². The average molecular weight is 285 g/mol. The van der Waals surface area contributed by atoms with Gasteiger partial charge >= 0.3 is 5.97 Å². The predicted octanol–water partition coefficient (Wildman–Crippen LogP) is 1.29. The lowest BCUT2D eigenvalue weighted by Crippen LogP contribution is -2.19. The van der Waals surface area contributed by atoms with Gasteiger partial charge in [-0.05, 0) is 22.0 Å². The second kappa shape index (κ2) is 3.93. The molecule has 0 bridgehead atoms. The first-order valence-corrected chi connectivity index (χ1v) is 4.94. The van der Waals surface area contributed by atoms with E-state index in [1.165, 1.54) is 10.9 Å². The van der Waals surface area contributed by atoms with E-state index in [9.17, 15) is 9.59 Å². The molecule has 2 rings (SSSR count). The van der Waals surface area contributed by atoms with Gasteiger partial charge in [0.2, 0.25) is 5.88 Å². The van der Waals surface area contributed by atoms with Gasteiger partial charge in [-0.3, -0.25) is 9.36 Å². The van der Waals surface area contributed by atoms with Crippen molar-refractivity contribution in [2.75, 3.05) is 0 Å². The molecule has 0 aromatic carbocycles. The Kier molecular flexibility index (Phi) is 2.61. The molecule has 2 heterocycles. The summed E-state index contributed by atoms with van der Waals surface area (Å²) in [6, 6.07) is 3.26. The van der Waals surface area contributed by atoms with Crippen LogP contribution in [0.15, 0.2) is 38.5 Å². The Morgan fingerprint density at radius 1 is 1.50 bits per heavy atom. The van der Waals surface area contributed by atoms with Gasteiger partial charge in [0.1, 0.15) is 11.9 Å². The van der Waals surface area contributed by atoms with Gasteiger partial charge in [0, 0.05) is 12.3 Å². The Hall–Kier alpha value is -1.89. The number of furan rings is 1. The van der Waals surface area contributed by atoms with Crippen LogP contribution in [0, 0.1) is 0 Å². The summed E-state index contributed by atoms with van der Waals surface area (Å²) in [7, 11) is 0. The molecule has 6 nitrogen and oxygen atoms in total. The number of carboxylic acids is 1. The number of carbonyl (C=O) groups is 1. The SMILES string of the molecule is O=C(O)c1cn(-c2ccc(Br)o2)cnc1=O. The molecule has 0 spiro atoms. The Labute approximate surface area is 97.3 Å². The van der Waals surface area contributed by atoms with Crippen LogP contribution in [0.25, 0.3) is 5.88 Å². The van der Waals surface area contributed by atoms with Crippen molar-refractivity contribution in [3.05, 3.63) is 45.2 Å². The zero-order valence-corrected chi connectivity index (χ0v) is 9.34. The highest BCUT2D eigenvalue weighted by Crippen LogP contribution is 2.17. The first kappa shape index (κ1) is 10.6. The summed E-state index contributed by atoms with van der Waals surface area (Å²) in [5.74, 6) is -0.959. The van der Waals surface area contributed by atoms with E-state index >= 15 is 0 Å². The molecule has 1 N–H and O–H groups in total. The largest absolute Gasteiger partial charge is 0.477 e. The molecule has 0 aliphatic heterocycles. The highest BCUT2D eigenvalue weighted by molar-refractivity contribution is 9.10. The molecule has 0 aliphatic carbocycles. The number of halogens is 1. The fourth-order valence-electron chi connectivity index (χ4n) is 1.12. The predicted molar refractivity (Wildman–Crippen MR) is 56.8 cm³/mol. The standard InChI is InChI=1S/C9H5BrN2O4/c10-6-1-2-7(16-6)12-3-5(9(14)15)8(13)11-4-12/h1-4H,(H,14,15). The molecule has 0 fully saturated rings. The number of aromatic carboxylic acids is 1. The number of carboxylic acid groups (broad SMARTS) is 1. The van der Waals surface area contributed by atoms with Crippen molar-refractivity contribution in [2.45, 2.75) is 0 Å². The minimum Gasteiger partial charge on any atom is -0.477 e. The molecular weight excluding hydrogens is 280 g/mol. The third kappa shape index (κ3) is 1.89. The van der Waals surface area contributed by atoms with E-state index < -0.39 is 17.1 Å². The highest BCUT2D eigenvalue weighted by atomic mass is 79.9. The maximum Gasteiger partial charge on any atom is 0.342 e. The number of hydrogen-bond donors (Lipinski definition) is 1. The number of rotatable bonds is 2. The first-order valence-electron chi connectivity index (χ1n) is 4.15. The number of hydrogen-bond acceptors (Lipinski definition) is 4. The Balaban J connectivity index is 2.55. The lowest BCUT2D eigenvalue weighted by atomic mass is 10.3. The van der Waals surface area contributed by atoms with Gasteiger partial charge in [-0.25, -0.2) is 4.79 Å². The van der Waals surface area contributed by atoms with E-state index in [-0.39, 0.29) is 0 Å². The van der Waals surface area contributed by atoms with Crippen LogP contribution < -0.4 is 5.56 Å². The second-order valence-corrected chi connectivity index (χ2v) is 3.66. The van der Waals surface area contributed by atoms with Crippen LogP contribution in [0.4, 0.5) is 0 Å². The third-order valence-corrected chi connectivity index (χ3v) is 2.27. The first-order chi connectivity index (χ1) is 7.58. The van der Waals surface area contributed by atoms with Crippen LogP contribution in [0.2, 0.25) is 0 Å². The zero-order chi connectivity index (χ0) is 11.7. The quantitative estimate of drug-likeness (QED) is 0.898. The molecular formula is C9H5BrN2O4. The van der Waals surface area contributed by atoms with Crippen LogP contribution in [-0.2, 0) is 0 Å². The van der Waals surface area contributed by atoms with Crippen LogP contribution in [0.5, 0.6) is 0 Å². The smallest absolute Gasteiger partial charge is 0.342 e. The highest BCUT2D eigenvalue weighted by Gasteiger charge is 2.11. The monoisotopic (exact) mass is 284 g/mol. The summed E-state index contributed by atoms with van der Waals surface area (Å²) in [5, 5.41) is 8.75. The van der Waals surface area contributed by atoms with Crippen LogP contribution in [-0.4, -0.2) is 20.6 Å². The molecule has 16 heavy (non-hydrogen) atoms. The molecule has 82 valence electrons. The van der Waals surface area contributed by atoms with E-state index in [4.69, 9.17) is 9.52 Å². The lowest BCUT2D eigenvalue weighted by molar-refractivity contribution is 0.0694. The van der Waals surface area contributed by atoms with Gasteiger partial charge in [0.05, 0.1) is 0 Å². The van der Waals surface area contributed by atoms with E-state index in [1.54, 1.807) is 12.1 Å². The van der Waals surface area contributed by atoms with Gasteiger partial charge in [0.15, 0.2) is 4.67 Å². The van der Waals surface area contributed by atoms with Crippen molar-refractivity contribution in [2.24, 2.45) is 0 Å². The van der Waals surface area contributed by atoms with Crippen molar-refractivity contribution >= 4 is 21.9 Å². The summed E-state index contributed by atoms with van der Waals surface area (Å²) in [5.41, 5.74) is -1.19. The average Bonchev–Trinajstić information content (AvgIpc) is 2.65. The van der Waals surface area contributed by atoms with Crippen LogP contribution in [0.3, 0.4) is 0 Å². The van der Waals surface area contributed by atoms with E-state index in [0.717, 1.165) is 6.20 Å². The van der Waals surface area contributed by atoms with Gasteiger partial charge in [0.25, 0.3) is 5.56 Å². The fraction of sp³-hybridized carbons (Fsp3) is 0. The molecule has 0 atom stereocenters. The number of nitrogens with zero attached hydrogens (tertiary/aromatic N) is 2. The normalized spacial score (nSPS) is 10.3. The Bertz CT molecular complexity index is 602. The van der Waals surface area contributed by atoms with Gasteiger partial charge < -0.3 is 9.52 Å². The number of aromatic nitrogens is 2. The van der Waals surface area contributed by atoms with Crippen LogP contribution in [0.1, 0.15) is 10.4 Å². The summed E-state index contributed by atoms with van der Waals surface area (Å²) < 4.78 is 7.00. The summed E-state index contributed by atoms with van der Waals surface area (Å²) in [4.78, 5) is 25.3. The summed E-state index contributed by atoms with van der Waals surface area (Å²) in [6.07, 6.45) is 2.35. The van der Waals surface area contributed by atoms with E-state index in [0.29, 0.717) is 10.6 Å². The van der Waals surface area contributed by atoms with Gasteiger partial charge in [-0.2, -0.15) is 4.98 Å². The molecule has 7 heteroatoms. The molecule has 0 saturated heterocycles. The fourth-order valence-corrected chi connectivity index (χ4v) is 1.42. The Morgan fingerprint density at radius 3 is 2.81 bits per heavy atom. The molecule has 0 aliphatic rings. The topological polar surface area (TPSA) is 85.3 Å². The molecule has 0 radical (unpaired) electrons. The molecule has 0 unspecified atom stereocenters. The summed E-state index contributed by atoms with van der Waals surface area (Å²) >= 11 is 3.11.